The van der Waals surface area contributed by atoms with Crippen molar-refractivity contribution in [1.82, 2.24) is 4.57 Å². The molecule has 1 saturated carbocycles. The fourth-order valence-corrected chi connectivity index (χ4v) is 3.74. The van der Waals surface area contributed by atoms with Crippen LogP contribution in [0.2, 0.25) is 0 Å². The van der Waals surface area contributed by atoms with Gasteiger partial charge in [0.15, 0.2) is 0 Å². The molecule has 7 heteroatoms. The van der Waals surface area contributed by atoms with Crippen molar-refractivity contribution in [2.24, 2.45) is 0 Å². The first-order valence-corrected chi connectivity index (χ1v) is 9.84. The van der Waals surface area contributed by atoms with Crippen LogP contribution >= 0.6 is 0 Å². The second-order valence-electron chi connectivity index (χ2n) is 7.33. The van der Waals surface area contributed by atoms with Gasteiger partial charge in [0.1, 0.15) is 18.1 Å². The number of pyridine rings is 1. The van der Waals surface area contributed by atoms with E-state index in [9.17, 15) is 18.4 Å². The molecule has 0 radical (unpaired) electrons. The van der Waals surface area contributed by atoms with E-state index < -0.39 is 29.9 Å². The van der Waals surface area contributed by atoms with E-state index >= 15 is 0 Å². The van der Waals surface area contributed by atoms with Gasteiger partial charge in [0.05, 0.1) is 23.9 Å². The Hall–Kier alpha value is -2.44. The van der Waals surface area contributed by atoms with Crippen LogP contribution in [0, 0.1) is 5.82 Å². The minimum atomic E-state index is -0.793. The van der Waals surface area contributed by atoms with E-state index in [1.165, 1.54) is 17.2 Å². The van der Waals surface area contributed by atoms with Crippen molar-refractivity contribution < 1.29 is 18.3 Å². The molecule has 0 aliphatic heterocycles. The van der Waals surface area contributed by atoms with Crippen molar-refractivity contribution in [2.45, 2.75) is 58.0 Å². The van der Waals surface area contributed by atoms with Gasteiger partial charge in [-0.25, -0.2) is 13.6 Å². The van der Waals surface area contributed by atoms with Crippen molar-refractivity contribution in [3.8, 4) is 0 Å². The molecule has 1 N–H and O–H groups in total. The van der Waals surface area contributed by atoms with Gasteiger partial charge in [0.2, 0.25) is 5.43 Å². The minimum Gasteiger partial charge on any atom is -0.462 e. The van der Waals surface area contributed by atoms with E-state index in [-0.39, 0.29) is 23.6 Å². The number of ether oxygens (including phenoxy) is 1. The molecule has 1 aromatic carbocycles. The Morgan fingerprint density at radius 2 is 2.04 bits per heavy atom. The molecule has 1 aliphatic rings. The predicted octanol–water partition coefficient (Wildman–Crippen LogP) is 4.59. The Kier molecular flexibility index (Phi) is 6.31. The molecule has 28 heavy (non-hydrogen) atoms. The van der Waals surface area contributed by atoms with Gasteiger partial charge in [-0.2, -0.15) is 0 Å². The largest absolute Gasteiger partial charge is 0.462 e. The normalized spacial score (nSPS) is 16.1. The summed E-state index contributed by atoms with van der Waals surface area (Å²) in [6, 6.07) is 2.23. The maximum Gasteiger partial charge on any atom is 0.343 e. The van der Waals surface area contributed by atoms with Crippen LogP contribution in [0.3, 0.4) is 0 Å². The highest BCUT2D eigenvalue weighted by molar-refractivity contribution is 5.94. The van der Waals surface area contributed by atoms with Gasteiger partial charge in [-0.3, -0.25) is 4.79 Å². The maximum absolute atomic E-state index is 14.7. The molecule has 152 valence electrons. The highest BCUT2D eigenvalue weighted by atomic mass is 19.1. The van der Waals surface area contributed by atoms with Crippen LogP contribution in [0.25, 0.3) is 10.9 Å². The second-order valence-corrected chi connectivity index (χ2v) is 7.33. The molecule has 1 aliphatic carbocycles. The summed E-state index contributed by atoms with van der Waals surface area (Å²) < 4.78 is 34.6. The van der Waals surface area contributed by atoms with Crippen molar-refractivity contribution in [1.29, 1.82) is 0 Å². The second kappa shape index (κ2) is 8.71. The summed E-state index contributed by atoms with van der Waals surface area (Å²) in [5, 5.41) is 3.27. The van der Waals surface area contributed by atoms with Crippen molar-refractivity contribution in [3.63, 3.8) is 0 Å². The third-order valence-electron chi connectivity index (χ3n) is 5.28. The van der Waals surface area contributed by atoms with Crippen LogP contribution < -0.4 is 10.7 Å². The molecule has 0 bridgehead atoms. The number of fused-ring (bicyclic) bond motifs is 1. The van der Waals surface area contributed by atoms with Crippen LogP contribution in [0.4, 0.5) is 14.5 Å². The monoisotopic (exact) mass is 392 g/mol. The van der Waals surface area contributed by atoms with Crippen LogP contribution in [-0.2, 0) is 4.74 Å². The number of carbonyl (C=O) groups excluding carboxylic acids is 1. The average molecular weight is 392 g/mol. The topological polar surface area (TPSA) is 60.3 Å². The molecule has 5 nitrogen and oxygen atoms in total. The van der Waals surface area contributed by atoms with Crippen LogP contribution in [-0.4, -0.2) is 29.9 Å². The van der Waals surface area contributed by atoms with Gasteiger partial charge in [0, 0.05) is 17.6 Å². The number of carbonyl (C=O) groups is 1. The van der Waals surface area contributed by atoms with Crippen molar-refractivity contribution >= 4 is 22.6 Å². The summed E-state index contributed by atoms with van der Waals surface area (Å²) in [5.74, 6) is -1.35. The summed E-state index contributed by atoms with van der Waals surface area (Å²) in [4.78, 5) is 24.9. The molecule has 1 fully saturated rings. The third-order valence-corrected chi connectivity index (χ3v) is 5.28. The smallest absolute Gasteiger partial charge is 0.343 e. The maximum atomic E-state index is 14.7. The standard InChI is InChI=1S/C21H26F2N2O3/c1-3-28-21(27)16-12-25(13(2)11-22)19-10-18(17(23)9-15(19)20(16)26)24-14-7-5-4-6-8-14/h9-10,12-14,24H,3-8,11H2,1-2H3. The molecule has 1 atom stereocenters. The zero-order chi connectivity index (χ0) is 20.3. The van der Waals surface area contributed by atoms with Crippen LogP contribution in [0.15, 0.2) is 23.1 Å². The van der Waals surface area contributed by atoms with Crippen molar-refractivity contribution in [3.05, 3.63) is 39.9 Å². The quantitative estimate of drug-likeness (QED) is 0.731. The van der Waals surface area contributed by atoms with E-state index in [1.807, 2.05) is 0 Å². The van der Waals surface area contributed by atoms with Gasteiger partial charge in [0.25, 0.3) is 0 Å². The highest BCUT2D eigenvalue weighted by Crippen LogP contribution is 2.28. The Bertz CT molecular complexity index is 920. The Morgan fingerprint density at radius 1 is 1.32 bits per heavy atom. The fraction of sp³-hybridized carbons (Fsp3) is 0.524. The molecule has 0 saturated heterocycles. The minimum absolute atomic E-state index is 0.0394. The van der Waals surface area contributed by atoms with E-state index in [0.29, 0.717) is 11.2 Å². The SMILES string of the molecule is CCOC(=O)c1cn(C(C)CF)c2cc(NC3CCCCC3)c(F)cc2c1=O. The van der Waals surface area contributed by atoms with Gasteiger partial charge >= 0.3 is 5.97 Å². The van der Waals surface area contributed by atoms with E-state index in [0.717, 1.165) is 31.7 Å². The van der Waals surface area contributed by atoms with E-state index in [1.54, 1.807) is 19.9 Å². The zero-order valence-corrected chi connectivity index (χ0v) is 16.3. The van der Waals surface area contributed by atoms with Gasteiger partial charge in [-0.1, -0.05) is 19.3 Å². The molecule has 2 aromatic rings. The summed E-state index contributed by atoms with van der Waals surface area (Å²) in [7, 11) is 0. The Labute approximate surface area is 162 Å². The van der Waals surface area contributed by atoms with E-state index in [4.69, 9.17) is 4.74 Å². The number of hydrogen-bond donors (Lipinski definition) is 1. The van der Waals surface area contributed by atoms with Crippen molar-refractivity contribution in [2.75, 3.05) is 18.6 Å². The number of anilines is 1. The molecule has 1 heterocycles. The number of esters is 1. The third kappa shape index (κ3) is 4.03. The number of aromatic nitrogens is 1. The lowest BCUT2D eigenvalue weighted by atomic mass is 9.95. The number of halogens is 2. The summed E-state index contributed by atoms with van der Waals surface area (Å²) >= 11 is 0. The molecule has 0 amide bonds. The fourth-order valence-electron chi connectivity index (χ4n) is 3.74. The van der Waals surface area contributed by atoms with E-state index in [2.05, 4.69) is 5.32 Å². The van der Waals surface area contributed by atoms with Crippen LogP contribution in [0.1, 0.15) is 62.4 Å². The molecule has 3 rings (SSSR count). The van der Waals surface area contributed by atoms with Gasteiger partial charge in [-0.05, 0) is 38.8 Å². The summed E-state index contributed by atoms with van der Waals surface area (Å²) in [6.45, 7) is 2.68. The number of alkyl halides is 1. The first-order chi connectivity index (χ1) is 13.5. The predicted molar refractivity (Wildman–Crippen MR) is 105 cm³/mol. The number of hydrogen-bond acceptors (Lipinski definition) is 4. The molecule has 0 spiro atoms. The van der Waals surface area contributed by atoms with Gasteiger partial charge in [-0.15, -0.1) is 0 Å². The lowest BCUT2D eigenvalue weighted by molar-refractivity contribution is 0.0524. The number of nitrogens with one attached hydrogen (secondary N) is 1. The summed E-state index contributed by atoms with van der Waals surface area (Å²) in [5.41, 5.74) is -0.147. The molecular formula is C21H26F2N2O3. The Balaban J connectivity index is 2.13. The summed E-state index contributed by atoms with van der Waals surface area (Å²) in [6.07, 6.45) is 6.62. The molecule has 1 unspecified atom stereocenters. The first kappa shape index (κ1) is 20.3. The number of benzene rings is 1. The number of rotatable bonds is 6. The average Bonchev–Trinajstić information content (AvgIpc) is 2.70. The first-order valence-electron chi connectivity index (χ1n) is 9.84. The van der Waals surface area contributed by atoms with Gasteiger partial charge < -0.3 is 14.6 Å². The molecule has 1 aromatic heterocycles. The lowest BCUT2D eigenvalue weighted by Gasteiger charge is -2.25. The highest BCUT2D eigenvalue weighted by Gasteiger charge is 2.21. The molecular weight excluding hydrogens is 366 g/mol. The number of nitrogens with zero attached hydrogens (tertiary/aromatic N) is 1. The zero-order valence-electron chi connectivity index (χ0n) is 16.3. The van der Waals surface area contributed by atoms with Crippen LogP contribution in [0.5, 0.6) is 0 Å². The lowest BCUT2D eigenvalue weighted by Crippen LogP contribution is -2.25. The Morgan fingerprint density at radius 3 is 2.68 bits per heavy atom.